The second kappa shape index (κ2) is 9.52. The van der Waals surface area contributed by atoms with E-state index in [0.717, 1.165) is 23.7 Å². The molecule has 1 aromatic rings. The van der Waals surface area contributed by atoms with Gasteiger partial charge in [-0.25, -0.2) is 0 Å². The third kappa shape index (κ3) is 6.73. The minimum atomic E-state index is -1.01. The van der Waals surface area contributed by atoms with E-state index in [0.29, 0.717) is 12.2 Å². The Balaban J connectivity index is 2.49. The highest BCUT2D eigenvalue weighted by atomic mass is 79.9. The number of carbonyl (C=O) groups is 2. The standard InChI is InChI=1S/C15H21BrN2O3/c1-2-3-6-9-17-13(15(20)21)10-14(19)18-12-8-5-4-7-11(12)16/h4-5,7-8,13,17H,2-3,6,9-10H2,1H3,(H,18,19)(H,20,21). The monoisotopic (exact) mass is 356 g/mol. The van der Waals surface area contributed by atoms with Gasteiger partial charge in [0.25, 0.3) is 0 Å². The Bertz CT molecular complexity index is 480. The number of halogens is 1. The summed E-state index contributed by atoms with van der Waals surface area (Å²) in [5.41, 5.74) is 0.637. The Morgan fingerprint density at radius 1 is 1.29 bits per heavy atom. The topological polar surface area (TPSA) is 78.4 Å². The number of hydrogen-bond donors (Lipinski definition) is 3. The van der Waals surface area contributed by atoms with Crippen LogP contribution in [0.3, 0.4) is 0 Å². The van der Waals surface area contributed by atoms with E-state index in [2.05, 4.69) is 33.5 Å². The van der Waals surface area contributed by atoms with Crippen molar-refractivity contribution in [1.29, 1.82) is 0 Å². The van der Waals surface area contributed by atoms with Gasteiger partial charge in [-0.15, -0.1) is 0 Å². The molecule has 6 heteroatoms. The van der Waals surface area contributed by atoms with Crippen molar-refractivity contribution >= 4 is 33.5 Å². The summed E-state index contributed by atoms with van der Waals surface area (Å²) in [7, 11) is 0. The maximum absolute atomic E-state index is 11.9. The lowest BCUT2D eigenvalue weighted by Crippen LogP contribution is -2.40. The number of hydrogen-bond acceptors (Lipinski definition) is 3. The molecular formula is C15H21BrN2O3. The van der Waals surface area contributed by atoms with Crippen molar-refractivity contribution in [2.45, 2.75) is 38.6 Å². The summed E-state index contributed by atoms with van der Waals surface area (Å²) in [4.78, 5) is 23.1. The molecule has 1 aromatic carbocycles. The van der Waals surface area contributed by atoms with Crippen molar-refractivity contribution in [1.82, 2.24) is 5.32 Å². The summed E-state index contributed by atoms with van der Waals surface area (Å²) < 4.78 is 0.765. The van der Waals surface area contributed by atoms with Gasteiger partial charge in [0.15, 0.2) is 0 Å². The average Bonchev–Trinajstić information content (AvgIpc) is 2.44. The van der Waals surface area contributed by atoms with Gasteiger partial charge in [0.05, 0.1) is 12.1 Å². The molecular weight excluding hydrogens is 336 g/mol. The van der Waals surface area contributed by atoms with Crippen molar-refractivity contribution in [2.24, 2.45) is 0 Å². The first-order chi connectivity index (χ1) is 10.0. The van der Waals surface area contributed by atoms with Crippen LogP contribution < -0.4 is 10.6 Å². The minimum absolute atomic E-state index is 0.0945. The molecule has 0 saturated carbocycles. The number of rotatable bonds is 9. The SMILES string of the molecule is CCCCCNC(CC(=O)Nc1ccccc1Br)C(=O)O. The van der Waals surface area contributed by atoms with Crippen LogP contribution in [0.25, 0.3) is 0 Å². The Morgan fingerprint density at radius 3 is 2.62 bits per heavy atom. The molecule has 0 aliphatic heterocycles. The maximum Gasteiger partial charge on any atom is 0.321 e. The highest BCUT2D eigenvalue weighted by molar-refractivity contribution is 9.10. The molecule has 0 bridgehead atoms. The van der Waals surface area contributed by atoms with Crippen molar-refractivity contribution < 1.29 is 14.7 Å². The molecule has 0 aromatic heterocycles. The Morgan fingerprint density at radius 2 is 2.00 bits per heavy atom. The number of para-hydroxylation sites is 1. The predicted octanol–water partition coefficient (Wildman–Crippen LogP) is 3.01. The van der Waals surface area contributed by atoms with Gasteiger partial charge in [0, 0.05) is 4.47 Å². The second-order valence-electron chi connectivity index (χ2n) is 4.78. The van der Waals surface area contributed by atoms with Crippen LogP contribution in [0.15, 0.2) is 28.7 Å². The van der Waals surface area contributed by atoms with Crippen molar-refractivity contribution in [2.75, 3.05) is 11.9 Å². The highest BCUT2D eigenvalue weighted by Gasteiger charge is 2.20. The Labute approximate surface area is 133 Å². The number of amides is 1. The molecule has 0 saturated heterocycles. The van der Waals surface area contributed by atoms with E-state index in [1.807, 2.05) is 12.1 Å². The van der Waals surface area contributed by atoms with Gasteiger partial charge >= 0.3 is 5.97 Å². The molecule has 5 nitrogen and oxygen atoms in total. The van der Waals surface area contributed by atoms with Crippen molar-refractivity contribution in [3.63, 3.8) is 0 Å². The fraction of sp³-hybridized carbons (Fsp3) is 0.467. The highest BCUT2D eigenvalue weighted by Crippen LogP contribution is 2.21. The number of carboxylic acid groups (broad SMARTS) is 1. The molecule has 1 unspecified atom stereocenters. The number of nitrogens with one attached hydrogen (secondary N) is 2. The smallest absolute Gasteiger partial charge is 0.321 e. The lowest BCUT2D eigenvalue weighted by Gasteiger charge is -2.14. The molecule has 0 radical (unpaired) electrons. The summed E-state index contributed by atoms with van der Waals surface area (Å²) in [5, 5.41) is 14.8. The normalized spacial score (nSPS) is 11.9. The van der Waals surface area contributed by atoms with Crippen molar-refractivity contribution in [3.05, 3.63) is 28.7 Å². The second-order valence-corrected chi connectivity index (χ2v) is 5.64. The number of benzene rings is 1. The number of carboxylic acids is 1. The van der Waals surface area contributed by atoms with Crippen LogP contribution in [0.2, 0.25) is 0 Å². The molecule has 0 heterocycles. The van der Waals surface area contributed by atoms with E-state index in [9.17, 15) is 9.59 Å². The molecule has 0 fully saturated rings. The van der Waals surface area contributed by atoms with Gasteiger partial charge in [-0.1, -0.05) is 31.9 Å². The van der Waals surface area contributed by atoms with E-state index in [-0.39, 0.29) is 12.3 Å². The van der Waals surface area contributed by atoms with Crippen LogP contribution >= 0.6 is 15.9 Å². The number of carbonyl (C=O) groups excluding carboxylic acids is 1. The van der Waals surface area contributed by atoms with Gasteiger partial charge in [0.1, 0.15) is 6.04 Å². The van der Waals surface area contributed by atoms with E-state index in [1.165, 1.54) is 0 Å². The summed E-state index contributed by atoms with van der Waals surface area (Å²) >= 11 is 3.33. The van der Waals surface area contributed by atoms with Crippen LogP contribution in [0.1, 0.15) is 32.6 Å². The molecule has 0 aliphatic rings. The fourth-order valence-corrected chi connectivity index (χ4v) is 2.23. The summed E-state index contributed by atoms with van der Waals surface area (Å²) in [6.07, 6.45) is 2.93. The largest absolute Gasteiger partial charge is 0.480 e. The molecule has 21 heavy (non-hydrogen) atoms. The van der Waals surface area contributed by atoms with Crippen molar-refractivity contribution in [3.8, 4) is 0 Å². The van der Waals surface area contributed by atoms with E-state index >= 15 is 0 Å². The van der Waals surface area contributed by atoms with Gasteiger partial charge in [-0.05, 0) is 41.0 Å². The first-order valence-corrected chi connectivity index (χ1v) is 7.84. The van der Waals surface area contributed by atoms with Crippen LogP contribution in [0.4, 0.5) is 5.69 Å². The summed E-state index contributed by atoms with van der Waals surface area (Å²) in [6, 6.07) is 6.36. The zero-order chi connectivity index (χ0) is 15.7. The molecule has 1 rings (SSSR count). The van der Waals surface area contributed by atoms with Gasteiger partial charge in [-0.2, -0.15) is 0 Å². The molecule has 0 aliphatic carbocycles. The summed E-state index contributed by atoms with van der Waals surface area (Å²) in [6.45, 7) is 2.69. The third-order valence-corrected chi connectivity index (χ3v) is 3.70. The van der Waals surface area contributed by atoms with Crippen LogP contribution in [-0.2, 0) is 9.59 Å². The van der Waals surface area contributed by atoms with Crippen LogP contribution in [-0.4, -0.2) is 29.6 Å². The third-order valence-electron chi connectivity index (χ3n) is 3.01. The lowest BCUT2D eigenvalue weighted by molar-refractivity contribution is -0.141. The number of aliphatic carboxylic acids is 1. The maximum atomic E-state index is 11.9. The first kappa shape index (κ1) is 17.7. The zero-order valence-corrected chi connectivity index (χ0v) is 13.6. The van der Waals surface area contributed by atoms with Gasteiger partial charge < -0.3 is 15.7 Å². The quantitative estimate of drug-likeness (QED) is 0.594. The molecule has 1 atom stereocenters. The fourth-order valence-electron chi connectivity index (χ4n) is 1.85. The zero-order valence-electron chi connectivity index (χ0n) is 12.1. The van der Waals surface area contributed by atoms with Gasteiger partial charge in [0.2, 0.25) is 5.91 Å². The summed E-state index contributed by atoms with van der Waals surface area (Å²) in [5.74, 6) is -1.33. The van der Waals surface area contributed by atoms with E-state index in [4.69, 9.17) is 5.11 Å². The average molecular weight is 357 g/mol. The molecule has 0 spiro atoms. The Kier molecular flexibility index (Phi) is 8.00. The predicted molar refractivity (Wildman–Crippen MR) is 86.3 cm³/mol. The number of unbranched alkanes of at least 4 members (excludes halogenated alkanes) is 2. The Hall–Kier alpha value is -1.40. The van der Waals surface area contributed by atoms with E-state index in [1.54, 1.807) is 12.1 Å². The first-order valence-electron chi connectivity index (χ1n) is 7.05. The molecule has 116 valence electrons. The molecule has 1 amide bonds. The van der Waals surface area contributed by atoms with Crippen LogP contribution in [0, 0.1) is 0 Å². The van der Waals surface area contributed by atoms with E-state index < -0.39 is 12.0 Å². The lowest BCUT2D eigenvalue weighted by atomic mass is 10.1. The van der Waals surface area contributed by atoms with Crippen LogP contribution in [0.5, 0.6) is 0 Å². The minimum Gasteiger partial charge on any atom is -0.480 e. The number of anilines is 1. The van der Waals surface area contributed by atoms with Gasteiger partial charge in [-0.3, -0.25) is 9.59 Å². The molecule has 3 N–H and O–H groups in total.